The first kappa shape index (κ1) is 15.3. The molecule has 1 aliphatic heterocycles. The van der Waals surface area contributed by atoms with Gasteiger partial charge in [-0.3, -0.25) is 4.98 Å². The summed E-state index contributed by atoms with van der Waals surface area (Å²) in [7, 11) is 0. The van der Waals surface area contributed by atoms with Gasteiger partial charge in [0.05, 0.1) is 12.4 Å². The van der Waals surface area contributed by atoms with Gasteiger partial charge in [-0.15, -0.1) is 0 Å². The predicted octanol–water partition coefficient (Wildman–Crippen LogP) is 2.81. The Morgan fingerprint density at radius 2 is 2.00 bits per heavy atom. The molecule has 0 spiro atoms. The number of anilines is 2. The van der Waals surface area contributed by atoms with E-state index in [4.69, 9.17) is 23.2 Å². The van der Waals surface area contributed by atoms with Gasteiger partial charge in [0.15, 0.2) is 0 Å². The highest BCUT2D eigenvalue weighted by Crippen LogP contribution is 2.21. The Kier molecular flexibility index (Phi) is 4.97. The zero-order chi connectivity index (χ0) is 15.4. The Labute approximate surface area is 139 Å². The zero-order valence-electron chi connectivity index (χ0n) is 12.0. The van der Waals surface area contributed by atoms with E-state index in [0.29, 0.717) is 16.6 Å². The lowest BCUT2D eigenvalue weighted by molar-refractivity contribution is 0.584. The molecule has 1 saturated heterocycles. The van der Waals surface area contributed by atoms with Crippen LogP contribution >= 0.6 is 23.2 Å². The summed E-state index contributed by atoms with van der Waals surface area (Å²) < 4.78 is 0. The quantitative estimate of drug-likeness (QED) is 0.898. The molecule has 3 rings (SSSR count). The average molecular weight is 338 g/mol. The molecule has 2 heterocycles. The molecular formula is C15H17Cl2N5. The fourth-order valence-corrected chi connectivity index (χ4v) is 2.73. The number of rotatable bonds is 4. The first-order valence-electron chi connectivity index (χ1n) is 7.18. The van der Waals surface area contributed by atoms with Gasteiger partial charge in [0.25, 0.3) is 0 Å². The molecule has 0 unspecified atom stereocenters. The summed E-state index contributed by atoms with van der Waals surface area (Å²) in [4.78, 5) is 11.1. The van der Waals surface area contributed by atoms with E-state index < -0.39 is 0 Å². The molecule has 7 heteroatoms. The first-order valence-corrected chi connectivity index (χ1v) is 7.93. The molecule has 1 aromatic carbocycles. The van der Waals surface area contributed by atoms with E-state index >= 15 is 0 Å². The minimum Gasteiger partial charge on any atom is -0.365 e. The monoisotopic (exact) mass is 337 g/mol. The lowest BCUT2D eigenvalue weighted by atomic mass is 10.2. The van der Waals surface area contributed by atoms with Gasteiger partial charge in [-0.1, -0.05) is 23.2 Å². The topological polar surface area (TPSA) is 53.1 Å². The highest BCUT2D eigenvalue weighted by Gasteiger charge is 2.12. The number of nitrogens with one attached hydrogen (secondary N) is 2. The first-order chi connectivity index (χ1) is 10.7. The Bertz CT molecular complexity index is 644. The number of hydrogen-bond acceptors (Lipinski definition) is 5. The van der Waals surface area contributed by atoms with Crippen molar-refractivity contribution >= 4 is 34.8 Å². The molecule has 0 atom stereocenters. The third-order valence-corrected chi connectivity index (χ3v) is 4.13. The highest BCUT2D eigenvalue weighted by atomic mass is 35.5. The van der Waals surface area contributed by atoms with Crippen molar-refractivity contribution in [3.63, 3.8) is 0 Å². The molecule has 0 aliphatic carbocycles. The van der Waals surface area contributed by atoms with Crippen LogP contribution in [0.4, 0.5) is 11.6 Å². The van der Waals surface area contributed by atoms with Crippen LogP contribution in [0.15, 0.2) is 30.6 Å². The van der Waals surface area contributed by atoms with E-state index in [1.807, 2.05) is 6.07 Å². The summed E-state index contributed by atoms with van der Waals surface area (Å²) in [6.45, 7) is 4.38. The second-order valence-electron chi connectivity index (χ2n) is 5.09. The molecular weight excluding hydrogens is 321 g/mol. The van der Waals surface area contributed by atoms with Crippen molar-refractivity contribution in [2.45, 2.75) is 6.54 Å². The van der Waals surface area contributed by atoms with Crippen LogP contribution in [0.3, 0.4) is 0 Å². The van der Waals surface area contributed by atoms with E-state index in [1.54, 1.807) is 24.5 Å². The Morgan fingerprint density at radius 1 is 1.18 bits per heavy atom. The molecule has 0 radical (unpaired) electrons. The van der Waals surface area contributed by atoms with Crippen LogP contribution in [0.1, 0.15) is 5.56 Å². The largest absolute Gasteiger partial charge is 0.365 e. The maximum atomic E-state index is 6.17. The number of piperazine rings is 1. The molecule has 5 nitrogen and oxygen atoms in total. The molecule has 1 aliphatic rings. The smallest absolute Gasteiger partial charge is 0.149 e. The SMILES string of the molecule is Clc1ccc(Cl)c(CNc2cncc(N3CCNCC3)n2)c1. The van der Waals surface area contributed by atoms with Crippen molar-refractivity contribution < 1.29 is 0 Å². The van der Waals surface area contributed by atoms with Gasteiger partial charge in [-0.25, -0.2) is 4.98 Å². The number of hydrogen-bond donors (Lipinski definition) is 2. The van der Waals surface area contributed by atoms with Crippen molar-refractivity contribution in [1.29, 1.82) is 0 Å². The zero-order valence-corrected chi connectivity index (χ0v) is 13.5. The summed E-state index contributed by atoms with van der Waals surface area (Å²) in [6, 6.07) is 5.42. The van der Waals surface area contributed by atoms with Crippen LogP contribution in [-0.4, -0.2) is 36.1 Å². The van der Waals surface area contributed by atoms with Gasteiger partial charge >= 0.3 is 0 Å². The summed E-state index contributed by atoms with van der Waals surface area (Å²) in [6.07, 6.45) is 3.51. The van der Waals surface area contributed by atoms with Gasteiger partial charge in [-0.2, -0.15) is 0 Å². The molecule has 22 heavy (non-hydrogen) atoms. The van der Waals surface area contributed by atoms with E-state index in [0.717, 1.165) is 43.4 Å². The minimum atomic E-state index is 0.555. The highest BCUT2D eigenvalue weighted by molar-refractivity contribution is 6.33. The lowest BCUT2D eigenvalue weighted by Crippen LogP contribution is -2.44. The van der Waals surface area contributed by atoms with Crippen LogP contribution in [0.25, 0.3) is 0 Å². The number of benzene rings is 1. The number of nitrogens with zero attached hydrogens (tertiary/aromatic N) is 3. The van der Waals surface area contributed by atoms with Gasteiger partial charge in [0.1, 0.15) is 11.6 Å². The van der Waals surface area contributed by atoms with Crippen LogP contribution in [-0.2, 0) is 6.54 Å². The maximum absolute atomic E-state index is 6.17. The van der Waals surface area contributed by atoms with Gasteiger partial charge < -0.3 is 15.5 Å². The van der Waals surface area contributed by atoms with E-state index in [1.165, 1.54) is 0 Å². The molecule has 0 amide bonds. The summed E-state index contributed by atoms with van der Waals surface area (Å²) in [5.41, 5.74) is 0.934. The van der Waals surface area contributed by atoms with Crippen molar-refractivity contribution in [2.24, 2.45) is 0 Å². The maximum Gasteiger partial charge on any atom is 0.149 e. The lowest BCUT2D eigenvalue weighted by Gasteiger charge is -2.28. The summed E-state index contributed by atoms with van der Waals surface area (Å²) >= 11 is 12.2. The normalized spacial score (nSPS) is 14.9. The minimum absolute atomic E-state index is 0.555. The Hall–Kier alpha value is -1.56. The van der Waals surface area contributed by atoms with Gasteiger partial charge in [-0.05, 0) is 23.8 Å². The van der Waals surface area contributed by atoms with Crippen molar-refractivity contribution in [3.05, 3.63) is 46.2 Å². The van der Waals surface area contributed by atoms with E-state index in [-0.39, 0.29) is 0 Å². The Balaban J connectivity index is 1.68. The standard InChI is InChI=1S/C15H17Cl2N5/c16-12-1-2-13(17)11(7-12)8-20-14-9-19-10-15(21-14)22-5-3-18-4-6-22/h1-2,7,9-10,18H,3-6,8H2,(H,20,21). The van der Waals surface area contributed by atoms with Crippen LogP contribution < -0.4 is 15.5 Å². The second-order valence-corrected chi connectivity index (χ2v) is 5.93. The predicted molar refractivity (Wildman–Crippen MR) is 90.9 cm³/mol. The van der Waals surface area contributed by atoms with Crippen LogP contribution in [0.2, 0.25) is 10.0 Å². The fourth-order valence-electron chi connectivity index (χ4n) is 2.35. The molecule has 1 aromatic heterocycles. The fraction of sp³-hybridized carbons (Fsp3) is 0.333. The molecule has 2 aromatic rings. The molecule has 1 fully saturated rings. The number of halogens is 2. The summed E-state index contributed by atoms with van der Waals surface area (Å²) in [5.74, 6) is 1.62. The average Bonchev–Trinajstić information content (AvgIpc) is 2.57. The van der Waals surface area contributed by atoms with Crippen LogP contribution in [0, 0.1) is 0 Å². The van der Waals surface area contributed by atoms with Crippen molar-refractivity contribution in [3.8, 4) is 0 Å². The van der Waals surface area contributed by atoms with Crippen LogP contribution in [0.5, 0.6) is 0 Å². The molecule has 0 bridgehead atoms. The molecule has 0 saturated carbocycles. The number of aromatic nitrogens is 2. The van der Waals surface area contributed by atoms with E-state index in [9.17, 15) is 0 Å². The molecule has 116 valence electrons. The third-order valence-electron chi connectivity index (χ3n) is 3.53. The van der Waals surface area contributed by atoms with Crippen molar-refractivity contribution in [1.82, 2.24) is 15.3 Å². The van der Waals surface area contributed by atoms with Gasteiger partial charge in [0, 0.05) is 42.8 Å². The Morgan fingerprint density at radius 3 is 2.82 bits per heavy atom. The third kappa shape index (κ3) is 3.80. The second kappa shape index (κ2) is 7.13. The molecule has 2 N–H and O–H groups in total. The van der Waals surface area contributed by atoms with Crippen molar-refractivity contribution in [2.75, 3.05) is 36.4 Å². The summed E-state index contributed by atoms with van der Waals surface area (Å²) in [5, 5.41) is 7.93. The van der Waals surface area contributed by atoms with Gasteiger partial charge in [0.2, 0.25) is 0 Å². The van der Waals surface area contributed by atoms with E-state index in [2.05, 4.69) is 25.5 Å².